The molecular formula is C11H13NO3. The number of carbonyl (C=O) groups excluding carboxylic acids is 1. The molecule has 0 aliphatic carbocycles. The van der Waals surface area contributed by atoms with Gasteiger partial charge in [-0.25, -0.2) is 0 Å². The zero-order valence-electron chi connectivity index (χ0n) is 8.77. The van der Waals surface area contributed by atoms with Crippen LogP contribution in [0.2, 0.25) is 0 Å². The SMILES string of the molecule is CN(C)C(C=O)c1ccc2c(c1)OCO2. The van der Waals surface area contributed by atoms with Crippen LogP contribution in [0.1, 0.15) is 11.6 Å². The van der Waals surface area contributed by atoms with Gasteiger partial charge in [0, 0.05) is 0 Å². The van der Waals surface area contributed by atoms with Crippen LogP contribution in [0.3, 0.4) is 0 Å². The van der Waals surface area contributed by atoms with E-state index in [2.05, 4.69) is 0 Å². The molecule has 0 fully saturated rings. The monoisotopic (exact) mass is 207 g/mol. The average molecular weight is 207 g/mol. The quantitative estimate of drug-likeness (QED) is 0.698. The van der Waals surface area contributed by atoms with E-state index in [4.69, 9.17) is 9.47 Å². The Morgan fingerprint density at radius 3 is 2.73 bits per heavy atom. The van der Waals surface area contributed by atoms with Gasteiger partial charge in [-0.05, 0) is 31.8 Å². The second kappa shape index (κ2) is 3.90. The largest absolute Gasteiger partial charge is 0.454 e. The number of nitrogens with zero attached hydrogens (tertiary/aromatic N) is 1. The van der Waals surface area contributed by atoms with Crippen LogP contribution in [0.5, 0.6) is 11.5 Å². The fourth-order valence-corrected chi connectivity index (χ4v) is 1.60. The van der Waals surface area contributed by atoms with E-state index in [-0.39, 0.29) is 12.8 Å². The zero-order valence-corrected chi connectivity index (χ0v) is 8.77. The predicted molar refractivity (Wildman–Crippen MR) is 55.1 cm³/mol. The van der Waals surface area contributed by atoms with Crippen LogP contribution in [0.25, 0.3) is 0 Å². The van der Waals surface area contributed by atoms with E-state index in [1.807, 2.05) is 37.2 Å². The maximum Gasteiger partial charge on any atom is 0.231 e. The van der Waals surface area contributed by atoms with Crippen molar-refractivity contribution >= 4 is 6.29 Å². The number of likely N-dealkylation sites (N-methyl/N-ethyl adjacent to an activating group) is 1. The Labute approximate surface area is 88.4 Å². The summed E-state index contributed by atoms with van der Waals surface area (Å²) in [7, 11) is 3.73. The van der Waals surface area contributed by atoms with Crippen molar-refractivity contribution in [2.75, 3.05) is 20.9 Å². The van der Waals surface area contributed by atoms with Gasteiger partial charge in [-0.2, -0.15) is 0 Å². The highest BCUT2D eigenvalue weighted by Crippen LogP contribution is 2.34. The lowest BCUT2D eigenvalue weighted by Gasteiger charge is -2.18. The summed E-state index contributed by atoms with van der Waals surface area (Å²) in [6, 6.07) is 5.32. The van der Waals surface area contributed by atoms with Crippen LogP contribution in [0.4, 0.5) is 0 Å². The lowest BCUT2D eigenvalue weighted by Crippen LogP contribution is -2.20. The Morgan fingerprint density at radius 1 is 1.33 bits per heavy atom. The molecule has 15 heavy (non-hydrogen) atoms. The van der Waals surface area contributed by atoms with E-state index in [1.54, 1.807) is 0 Å². The molecule has 1 aliphatic rings. The van der Waals surface area contributed by atoms with Crippen molar-refractivity contribution in [3.63, 3.8) is 0 Å². The minimum atomic E-state index is -0.237. The number of aldehydes is 1. The maximum absolute atomic E-state index is 10.9. The summed E-state index contributed by atoms with van der Waals surface area (Å²) in [6.07, 6.45) is 0.914. The smallest absolute Gasteiger partial charge is 0.231 e. The Morgan fingerprint density at radius 2 is 2.07 bits per heavy atom. The van der Waals surface area contributed by atoms with E-state index in [0.29, 0.717) is 5.75 Å². The fraction of sp³-hybridized carbons (Fsp3) is 0.364. The molecule has 0 aromatic heterocycles. The van der Waals surface area contributed by atoms with Gasteiger partial charge in [0.2, 0.25) is 6.79 Å². The maximum atomic E-state index is 10.9. The summed E-state index contributed by atoms with van der Waals surface area (Å²) >= 11 is 0. The first-order valence-corrected chi connectivity index (χ1v) is 4.73. The van der Waals surface area contributed by atoms with Crippen LogP contribution in [-0.2, 0) is 4.79 Å². The van der Waals surface area contributed by atoms with E-state index in [1.165, 1.54) is 0 Å². The third-order valence-corrected chi connectivity index (χ3v) is 2.42. The van der Waals surface area contributed by atoms with Gasteiger partial charge in [0.25, 0.3) is 0 Å². The molecule has 1 heterocycles. The van der Waals surface area contributed by atoms with Gasteiger partial charge >= 0.3 is 0 Å². The molecule has 0 saturated heterocycles. The molecule has 1 atom stereocenters. The summed E-state index contributed by atoms with van der Waals surface area (Å²) < 4.78 is 10.5. The van der Waals surface area contributed by atoms with Crippen molar-refractivity contribution in [1.82, 2.24) is 4.90 Å². The third-order valence-electron chi connectivity index (χ3n) is 2.42. The highest BCUT2D eigenvalue weighted by Gasteiger charge is 2.18. The second-order valence-corrected chi connectivity index (χ2v) is 3.66. The van der Waals surface area contributed by atoms with Gasteiger partial charge in [-0.15, -0.1) is 0 Å². The molecule has 0 radical (unpaired) electrons. The van der Waals surface area contributed by atoms with Gasteiger partial charge in [0.1, 0.15) is 6.29 Å². The lowest BCUT2D eigenvalue weighted by molar-refractivity contribution is -0.111. The number of hydrogen-bond donors (Lipinski definition) is 0. The summed E-state index contributed by atoms with van der Waals surface area (Å²) in [5.41, 5.74) is 0.916. The molecular weight excluding hydrogens is 194 g/mol. The van der Waals surface area contributed by atoms with Crippen molar-refractivity contribution in [2.45, 2.75) is 6.04 Å². The van der Waals surface area contributed by atoms with Crippen molar-refractivity contribution in [1.29, 1.82) is 0 Å². The second-order valence-electron chi connectivity index (χ2n) is 3.66. The molecule has 1 aliphatic heterocycles. The highest BCUT2D eigenvalue weighted by molar-refractivity contribution is 5.63. The Balaban J connectivity index is 2.32. The Bertz CT molecular complexity index is 376. The Hall–Kier alpha value is -1.55. The molecule has 80 valence electrons. The highest BCUT2D eigenvalue weighted by atomic mass is 16.7. The van der Waals surface area contributed by atoms with Crippen LogP contribution >= 0.6 is 0 Å². The standard InChI is InChI=1S/C11H13NO3/c1-12(2)9(6-13)8-3-4-10-11(5-8)15-7-14-10/h3-6,9H,7H2,1-2H3. The summed E-state index contributed by atoms with van der Waals surface area (Å²) in [5.74, 6) is 1.45. The van der Waals surface area contributed by atoms with Crippen LogP contribution in [0, 0.1) is 0 Å². The molecule has 0 N–H and O–H groups in total. The molecule has 1 unspecified atom stereocenters. The topological polar surface area (TPSA) is 38.8 Å². The molecule has 4 heteroatoms. The van der Waals surface area contributed by atoms with E-state index in [9.17, 15) is 4.79 Å². The normalized spacial score (nSPS) is 15.4. The predicted octanol–water partition coefficient (Wildman–Crippen LogP) is 1.22. The number of carbonyl (C=O) groups is 1. The summed E-state index contributed by atoms with van der Waals surface area (Å²) in [6.45, 7) is 0.256. The fourth-order valence-electron chi connectivity index (χ4n) is 1.60. The minimum Gasteiger partial charge on any atom is -0.454 e. The van der Waals surface area contributed by atoms with Gasteiger partial charge < -0.3 is 14.3 Å². The summed E-state index contributed by atoms with van der Waals surface area (Å²) in [4.78, 5) is 12.8. The number of hydrogen-bond acceptors (Lipinski definition) is 4. The van der Waals surface area contributed by atoms with Crippen LogP contribution < -0.4 is 9.47 Å². The van der Waals surface area contributed by atoms with Crippen molar-refractivity contribution < 1.29 is 14.3 Å². The molecule has 0 bridgehead atoms. The molecule has 1 aromatic carbocycles. The van der Waals surface area contributed by atoms with Crippen molar-refractivity contribution in [3.05, 3.63) is 23.8 Å². The van der Waals surface area contributed by atoms with Gasteiger partial charge in [-0.1, -0.05) is 6.07 Å². The van der Waals surface area contributed by atoms with Gasteiger partial charge in [-0.3, -0.25) is 4.90 Å². The van der Waals surface area contributed by atoms with Gasteiger partial charge in [0.15, 0.2) is 11.5 Å². The lowest BCUT2D eigenvalue weighted by atomic mass is 10.1. The van der Waals surface area contributed by atoms with Crippen LogP contribution in [-0.4, -0.2) is 32.1 Å². The first kappa shape index (κ1) is 9.98. The average Bonchev–Trinajstić information content (AvgIpc) is 2.65. The molecule has 0 amide bonds. The number of ether oxygens (including phenoxy) is 2. The van der Waals surface area contributed by atoms with E-state index >= 15 is 0 Å². The zero-order chi connectivity index (χ0) is 10.8. The number of rotatable bonds is 3. The summed E-state index contributed by atoms with van der Waals surface area (Å²) in [5, 5.41) is 0. The molecule has 4 nitrogen and oxygen atoms in total. The minimum absolute atomic E-state index is 0.237. The number of fused-ring (bicyclic) bond motifs is 1. The van der Waals surface area contributed by atoms with E-state index in [0.717, 1.165) is 17.6 Å². The first-order valence-electron chi connectivity index (χ1n) is 4.73. The molecule has 0 saturated carbocycles. The molecule has 0 spiro atoms. The first-order chi connectivity index (χ1) is 7.22. The molecule has 1 aromatic rings. The Kier molecular flexibility index (Phi) is 2.60. The molecule has 2 rings (SSSR count). The van der Waals surface area contributed by atoms with Gasteiger partial charge in [0.05, 0.1) is 6.04 Å². The number of benzene rings is 1. The van der Waals surface area contributed by atoms with Crippen molar-refractivity contribution in [3.8, 4) is 11.5 Å². The third kappa shape index (κ3) is 1.80. The van der Waals surface area contributed by atoms with Crippen molar-refractivity contribution in [2.24, 2.45) is 0 Å². The van der Waals surface area contributed by atoms with E-state index < -0.39 is 0 Å². The van der Waals surface area contributed by atoms with Crippen LogP contribution in [0.15, 0.2) is 18.2 Å².